The van der Waals surface area contributed by atoms with Gasteiger partial charge >= 0.3 is 0 Å². The monoisotopic (exact) mass is 643 g/mol. The van der Waals surface area contributed by atoms with Gasteiger partial charge in [0.25, 0.3) is 15.9 Å². The van der Waals surface area contributed by atoms with Crippen LogP contribution in [-0.2, 0) is 19.6 Å². The lowest BCUT2D eigenvalue weighted by atomic mass is 9.79. The van der Waals surface area contributed by atoms with Crippen LogP contribution in [0.25, 0.3) is 10.9 Å². The van der Waals surface area contributed by atoms with Crippen LogP contribution in [0.1, 0.15) is 33.4 Å². The van der Waals surface area contributed by atoms with Gasteiger partial charge in [-0.2, -0.15) is 0 Å². The van der Waals surface area contributed by atoms with Gasteiger partial charge in [0, 0.05) is 41.4 Å². The summed E-state index contributed by atoms with van der Waals surface area (Å²) in [5.41, 5.74) is 2.18. The van der Waals surface area contributed by atoms with Crippen molar-refractivity contribution in [2.75, 3.05) is 32.7 Å². The number of rotatable bonds is 9. The Morgan fingerprint density at radius 2 is 1.62 bits per heavy atom. The van der Waals surface area contributed by atoms with Crippen LogP contribution in [0.15, 0.2) is 108 Å². The number of anilines is 1. The zero-order chi connectivity index (χ0) is 31.7. The number of carbonyl (C=O) groups excluding carboxylic acids is 2. The van der Waals surface area contributed by atoms with Gasteiger partial charge in [-0.1, -0.05) is 66.2 Å². The molecule has 230 valence electrons. The van der Waals surface area contributed by atoms with E-state index < -0.39 is 27.9 Å². The molecule has 11 heteroatoms. The molecule has 4 aromatic carbocycles. The zero-order valence-corrected chi connectivity index (χ0v) is 26.1. The first-order valence-corrected chi connectivity index (χ1v) is 16.0. The number of nitrogens with one attached hydrogen (secondary N) is 1. The van der Waals surface area contributed by atoms with Crippen molar-refractivity contribution >= 4 is 50.0 Å². The molecule has 9 nitrogen and oxygen atoms in total. The summed E-state index contributed by atoms with van der Waals surface area (Å²) in [5, 5.41) is 3.97. The van der Waals surface area contributed by atoms with Crippen LogP contribution < -0.4 is 10.1 Å². The molecule has 0 spiro atoms. The normalized spacial score (nSPS) is 16.4. The average molecular weight is 644 g/mol. The molecule has 1 N–H and O–H groups in total. The number of amides is 2. The van der Waals surface area contributed by atoms with Gasteiger partial charge in [-0.3, -0.25) is 9.59 Å². The van der Waals surface area contributed by atoms with Gasteiger partial charge in [-0.05, 0) is 48.0 Å². The van der Waals surface area contributed by atoms with Gasteiger partial charge in [0.2, 0.25) is 5.91 Å². The van der Waals surface area contributed by atoms with Crippen molar-refractivity contribution < 1.29 is 27.5 Å². The molecule has 0 saturated heterocycles. The van der Waals surface area contributed by atoms with E-state index in [0.29, 0.717) is 44.1 Å². The molecule has 45 heavy (non-hydrogen) atoms. The summed E-state index contributed by atoms with van der Waals surface area (Å²) >= 11 is 6.28. The minimum Gasteiger partial charge on any atom is -0.495 e. The molecule has 0 saturated carbocycles. The second kappa shape index (κ2) is 12.4. The molecule has 2 amide bonds. The Bertz CT molecular complexity index is 2010. The number of nitrogens with zero attached hydrogens (tertiary/aromatic N) is 2. The van der Waals surface area contributed by atoms with Crippen LogP contribution in [0, 0.1) is 0 Å². The van der Waals surface area contributed by atoms with E-state index in [1.165, 1.54) is 36.5 Å². The van der Waals surface area contributed by atoms with Crippen molar-refractivity contribution in [2.24, 2.45) is 0 Å². The number of methoxy groups -OCH3 is 2. The maximum Gasteiger partial charge on any atom is 0.268 e. The van der Waals surface area contributed by atoms with E-state index in [2.05, 4.69) is 5.32 Å². The second-order valence-electron chi connectivity index (χ2n) is 10.6. The Morgan fingerprint density at radius 3 is 2.38 bits per heavy atom. The maximum atomic E-state index is 14.5. The summed E-state index contributed by atoms with van der Waals surface area (Å²) < 4.78 is 40.0. The highest BCUT2D eigenvalue weighted by Crippen LogP contribution is 2.46. The maximum absolute atomic E-state index is 14.5. The quantitative estimate of drug-likeness (QED) is 0.208. The molecule has 0 fully saturated rings. The van der Waals surface area contributed by atoms with E-state index >= 15 is 0 Å². The molecule has 0 aliphatic carbocycles. The van der Waals surface area contributed by atoms with E-state index in [1.807, 2.05) is 0 Å². The average Bonchev–Trinajstić information content (AvgIpc) is 3.45. The first-order valence-electron chi connectivity index (χ1n) is 14.2. The lowest BCUT2D eigenvalue weighted by Gasteiger charge is -2.41. The zero-order valence-electron chi connectivity index (χ0n) is 24.5. The van der Waals surface area contributed by atoms with Crippen molar-refractivity contribution in [2.45, 2.75) is 16.9 Å². The fourth-order valence-electron chi connectivity index (χ4n) is 5.96. The number of halogens is 1. The van der Waals surface area contributed by atoms with Crippen molar-refractivity contribution in [3.8, 4) is 5.75 Å². The highest BCUT2D eigenvalue weighted by atomic mass is 35.5. The molecule has 2 heterocycles. The van der Waals surface area contributed by atoms with Gasteiger partial charge < -0.3 is 19.7 Å². The highest BCUT2D eigenvalue weighted by Gasteiger charge is 2.45. The van der Waals surface area contributed by atoms with Crippen molar-refractivity contribution in [3.63, 3.8) is 0 Å². The van der Waals surface area contributed by atoms with Crippen molar-refractivity contribution in [1.29, 1.82) is 0 Å². The Hall–Kier alpha value is -4.64. The highest BCUT2D eigenvalue weighted by molar-refractivity contribution is 7.90. The smallest absolute Gasteiger partial charge is 0.268 e. The standard InChI is InChI=1S/C34H30ClN3O6S/c1-43-19-18-37-32(27-21-38(29-15-9-8-12-24(27)29)45(41,42)23-10-4-3-5-11-23)31(25-13-6-7-14-26(25)34(37)40)33(39)36-28-20-22(35)16-17-30(28)44-2/h3-17,20-21,31-32H,18-19H2,1-2H3,(H,36,39)/t31-,32-/m1/s1. The minimum absolute atomic E-state index is 0.112. The molecule has 5 aromatic rings. The predicted molar refractivity (Wildman–Crippen MR) is 172 cm³/mol. The van der Waals surface area contributed by atoms with Crippen LogP contribution in [0.3, 0.4) is 0 Å². The summed E-state index contributed by atoms with van der Waals surface area (Å²) in [4.78, 5) is 30.3. The van der Waals surface area contributed by atoms with Gasteiger partial charge in [0.15, 0.2) is 0 Å². The van der Waals surface area contributed by atoms with Gasteiger partial charge in [0.1, 0.15) is 5.75 Å². The molecule has 1 aliphatic heterocycles. The van der Waals surface area contributed by atoms with E-state index in [4.69, 9.17) is 21.1 Å². The summed E-state index contributed by atoms with van der Waals surface area (Å²) in [6, 6.07) is 26.2. The van der Waals surface area contributed by atoms with Crippen molar-refractivity contribution in [3.05, 3.63) is 125 Å². The van der Waals surface area contributed by atoms with Gasteiger partial charge in [-0.25, -0.2) is 12.4 Å². The van der Waals surface area contributed by atoms with Gasteiger partial charge in [-0.15, -0.1) is 0 Å². The number of para-hydroxylation sites is 1. The molecule has 2 atom stereocenters. The van der Waals surface area contributed by atoms with Crippen LogP contribution in [0.2, 0.25) is 5.02 Å². The van der Waals surface area contributed by atoms with Crippen LogP contribution in [0.5, 0.6) is 5.75 Å². The van der Waals surface area contributed by atoms with Crippen LogP contribution >= 0.6 is 11.6 Å². The third kappa shape index (κ3) is 5.45. The molecular weight excluding hydrogens is 614 g/mol. The number of hydrogen-bond donors (Lipinski definition) is 1. The summed E-state index contributed by atoms with van der Waals surface area (Å²) in [6.07, 6.45) is 1.53. The summed E-state index contributed by atoms with van der Waals surface area (Å²) in [5.74, 6) is -1.25. The third-order valence-corrected chi connectivity index (χ3v) is 9.93. The fourth-order valence-corrected chi connectivity index (χ4v) is 7.53. The third-order valence-electron chi connectivity index (χ3n) is 8.00. The van der Waals surface area contributed by atoms with Crippen LogP contribution in [-0.4, -0.2) is 56.5 Å². The first kappa shape index (κ1) is 30.4. The lowest BCUT2D eigenvalue weighted by molar-refractivity contribution is -0.119. The number of benzene rings is 4. The number of carbonyl (C=O) groups is 2. The largest absolute Gasteiger partial charge is 0.495 e. The Balaban J connectivity index is 1.58. The van der Waals surface area contributed by atoms with E-state index in [1.54, 1.807) is 89.8 Å². The van der Waals surface area contributed by atoms with E-state index in [9.17, 15) is 18.0 Å². The SMILES string of the molecule is COCCN1C(=O)c2ccccc2[C@@H](C(=O)Nc2cc(Cl)ccc2OC)[C@H]1c1cn(S(=O)(=O)c2ccccc2)c2ccccc12. The molecule has 6 rings (SSSR count). The lowest BCUT2D eigenvalue weighted by Crippen LogP contribution is -2.47. The topological polar surface area (TPSA) is 107 Å². The Kier molecular flexibility index (Phi) is 8.37. The first-order chi connectivity index (χ1) is 21.8. The Labute approximate surface area is 266 Å². The number of aromatic nitrogens is 1. The Morgan fingerprint density at radius 1 is 0.911 bits per heavy atom. The molecule has 1 aromatic heterocycles. The minimum atomic E-state index is -4.04. The van der Waals surface area contributed by atoms with Crippen LogP contribution in [0.4, 0.5) is 5.69 Å². The molecule has 0 bridgehead atoms. The van der Waals surface area contributed by atoms with Gasteiger partial charge in [0.05, 0.1) is 41.8 Å². The molecule has 1 aliphatic rings. The molecular formula is C34H30ClN3O6S. The van der Waals surface area contributed by atoms with E-state index in [0.717, 1.165) is 0 Å². The fraction of sp³-hybridized carbons (Fsp3) is 0.176. The second-order valence-corrected chi connectivity index (χ2v) is 12.8. The number of fused-ring (bicyclic) bond motifs is 2. The summed E-state index contributed by atoms with van der Waals surface area (Å²) in [6.45, 7) is 0.353. The molecule has 0 radical (unpaired) electrons. The number of ether oxygens (including phenoxy) is 2. The van der Waals surface area contributed by atoms with E-state index in [-0.39, 0.29) is 24.0 Å². The van der Waals surface area contributed by atoms with Crippen molar-refractivity contribution in [1.82, 2.24) is 8.87 Å². The predicted octanol–water partition coefficient (Wildman–Crippen LogP) is 6.11. The summed E-state index contributed by atoms with van der Waals surface area (Å²) in [7, 11) is -1.01. The number of hydrogen-bond acceptors (Lipinski definition) is 6. The molecule has 0 unspecified atom stereocenters.